The maximum absolute atomic E-state index is 6.12. The fourth-order valence-corrected chi connectivity index (χ4v) is 2.74. The molecule has 0 radical (unpaired) electrons. The summed E-state index contributed by atoms with van der Waals surface area (Å²) in [5.41, 5.74) is 0.762. The molecule has 0 amide bonds. The lowest BCUT2D eigenvalue weighted by Gasteiger charge is -2.26. The van der Waals surface area contributed by atoms with Crippen LogP contribution in [0.2, 0.25) is 5.02 Å². The Kier molecular flexibility index (Phi) is 6.21. The van der Waals surface area contributed by atoms with Crippen molar-refractivity contribution >= 4 is 29.1 Å². The molecule has 2 aromatic rings. The molecule has 1 fully saturated rings. The Balaban J connectivity index is 1.54. The van der Waals surface area contributed by atoms with Crippen LogP contribution in [0.15, 0.2) is 24.4 Å². The molecule has 0 atom stereocenters. The molecule has 0 unspecified atom stereocenters. The van der Waals surface area contributed by atoms with Gasteiger partial charge in [-0.05, 0) is 18.2 Å². The zero-order valence-electron chi connectivity index (χ0n) is 14.0. The van der Waals surface area contributed by atoms with Crippen LogP contribution in [0.25, 0.3) is 0 Å². The molecule has 134 valence electrons. The van der Waals surface area contributed by atoms with E-state index in [1.807, 2.05) is 6.07 Å². The Morgan fingerprint density at radius 1 is 1.32 bits per heavy atom. The third kappa shape index (κ3) is 5.15. The number of benzene rings is 1. The van der Waals surface area contributed by atoms with Crippen LogP contribution < -0.4 is 15.4 Å². The fourth-order valence-electron chi connectivity index (χ4n) is 2.48. The molecular weight excluding hydrogens is 344 g/mol. The molecule has 0 bridgehead atoms. The molecule has 8 nitrogen and oxygen atoms in total. The zero-order valence-corrected chi connectivity index (χ0v) is 14.8. The Morgan fingerprint density at radius 3 is 2.92 bits per heavy atom. The molecular formula is C16H21ClN6O2. The van der Waals surface area contributed by atoms with Gasteiger partial charge in [0.05, 0.1) is 31.5 Å². The molecule has 1 aliphatic rings. The second-order valence-corrected chi connectivity index (χ2v) is 5.93. The van der Waals surface area contributed by atoms with E-state index in [0.29, 0.717) is 22.5 Å². The molecule has 2 N–H and O–H groups in total. The molecule has 1 aromatic heterocycles. The number of hydrogen-bond acceptors (Lipinski definition) is 8. The Morgan fingerprint density at radius 2 is 2.16 bits per heavy atom. The standard InChI is InChI=1S/C16H21ClN6O2/c1-24-14-3-2-12(10-13(14)17)20-16-21-15(11-19-22-16)18-4-5-23-6-8-25-9-7-23/h2-3,10-11H,4-9H2,1H3,(H2,18,20,21,22). The van der Waals surface area contributed by atoms with Crippen molar-refractivity contribution in [1.82, 2.24) is 20.1 Å². The second kappa shape index (κ2) is 8.80. The summed E-state index contributed by atoms with van der Waals surface area (Å²) in [4.78, 5) is 6.76. The summed E-state index contributed by atoms with van der Waals surface area (Å²) in [6, 6.07) is 5.37. The first-order valence-corrected chi connectivity index (χ1v) is 8.46. The second-order valence-electron chi connectivity index (χ2n) is 5.52. The lowest BCUT2D eigenvalue weighted by Crippen LogP contribution is -2.39. The number of aromatic nitrogens is 3. The summed E-state index contributed by atoms with van der Waals surface area (Å²) >= 11 is 6.12. The van der Waals surface area contributed by atoms with Crippen LogP contribution in [0.5, 0.6) is 5.75 Å². The van der Waals surface area contributed by atoms with Gasteiger partial charge in [0, 0.05) is 31.9 Å². The van der Waals surface area contributed by atoms with Gasteiger partial charge in [-0.15, -0.1) is 5.10 Å². The molecule has 0 aliphatic carbocycles. The number of methoxy groups -OCH3 is 1. The van der Waals surface area contributed by atoms with E-state index in [-0.39, 0.29) is 0 Å². The number of ether oxygens (including phenoxy) is 2. The Labute approximate surface area is 151 Å². The van der Waals surface area contributed by atoms with E-state index in [1.165, 1.54) is 0 Å². The number of morpholine rings is 1. The number of anilines is 3. The average Bonchev–Trinajstić information content (AvgIpc) is 2.63. The molecule has 0 saturated carbocycles. The summed E-state index contributed by atoms with van der Waals surface area (Å²) in [6.07, 6.45) is 1.60. The lowest BCUT2D eigenvalue weighted by atomic mass is 10.3. The number of nitrogens with one attached hydrogen (secondary N) is 2. The van der Waals surface area contributed by atoms with Gasteiger partial charge < -0.3 is 20.1 Å². The minimum absolute atomic E-state index is 0.401. The highest BCUT2D eigenvalue weighted by Gasteiger charge is 2.10. The van der Waals surface area contributed by atoms with Crippen molar-refractivity contribution in [2.75, 3.05) is 57.1 Å². The quantitative estimate of drug-likeness (QED) is 0.772. The SMILES string of the molecule is COc1ccc(Nc2nncc(NCCN3CCOCC3)n2)cc1Cl. The number of hydrogen-bond donors (Lipinski definition) is 2. The Bertz CT molecular complexity index is 696. The predicted molar refractivity (Wildman–Crippen MR) is 96.9 cm³/mol. The molecule has 25 heavy (non-hydrogen) atoms. The third-order valence-corrected chi connectivity index (χ3v) is 4.10. The van der Waals surface area contributed by atoms with Crippen molar-refractivity contribution in [3.8, 4) is 5.75 Å². The van der Waals surface area contributed by atoms with Crippen LogP contribution in [0.1, 0.15) is 0 Å². The average molecular weight is 365 g/mol. The zero-order chi connectivity index (χ0) is 17.5. The van der Waals surface area contributed by atoms with Crippen LogP contribution in [-0.4, -0.2) is 66.6 Å². The third-order valence-electron chi connectivity index (χ3n) is 3.80. The number of rotatable bonds is 7. The van der Waals surface area contributed by atoms with Crippen molar-refractivity contribution in [3.63, 3.8) is 0 Å². The van der Waals surface area contributed by atoms with E-state index in [9.17, 15) is 0 Å². The first kappa shape index (κ1) is 17.7. The molecule has 1 saturated heterocycles. The maximum Gasteiger partial charge on any atom is 0.249 e. The summed E-state index contributed by atoms with van der Waals surface area (Å²) in [6.45, 7) is 5.25. The number of nitrogens with zero attached hydrogens (tertiary/aromatic N) is 4. The molecule has 3 rings (SSSR count). The van der Waals surface area contributed by atoms with Crippen LogP contribution in [-0.2, 0) is 4.74 Å². The topological polar surface area (TPSA) is 84.4 Å². The minimum atomic E-state index is 0.401. The monoisotopic (exact) mass is 364 g/mol. The van der Waals surface area contributed by atoms with Crippen molar-refractivity contribution in [1.29, 1.82) is 0 Å². The van der Waals surface area contributed by atoms with Gasteiger partial charge in [-0.3, -0.25) is 4.90 Å². The molecule has 1 aliphatic heterocycles. The van der Waals surface area contributed by atoms with E-state index in [2.05, 4.69) is 30.7 Å². The van der Waals surface area contributed by atoms with Gasteiger partial charge in [-0.25, -0.2) is 0 Å². The minimum Gasteiger partial charge on any atom is -0.495 e. The van der Waals surface area contributed by atoms with Crippen LogP contribution in [0.3, 0.4) is 0 Å². The largest absolute Gasteiger partial charge is 0.495 e. The highest BCUT2D eigenvalue weighted by molar-refractivity contribution is 6.32. The molecule has 9 heteroatoms. The molecule has 2 heterocycles. The predicted octanol–water partition coefficient (Wildman–Crippen LogP) is 2.02. The first-order valence-electron chi connectivity index (χ1n) is 8.09. The van der Waals surface area contributed by atoms with Crippen LogP contribution in [0.4, 0.5) is 17.5 Å². The van der Waals surface area contributed by atoms with Crippen molar-refractivity contribution in [2.24, 2.45) is 0 Å². The first-order chi connectivity index (χ1) is 12.2. The van der Waals surface area contributed by atoms with Gasteiger partial charge in [0.25, 0.3) is 0 Å². The van der Waals surface area contributed by atoms with Gasteiger partial charge in [-0.1, -0.05) is 11.6 Å². The van der Waals surface area contributed by atoms with Crippen molar-refractivity contribution in [2.45, 2.75) is 0 Å². The molecule has 0 spiro atoms. The van der Waals surface area contributed by atoms with E-state index in [0.717, 1.165) is 45.1 Å². The van der Waals surface area contributed by atoms with E-state index >= 15 is 0 Å². The van der Waals surface area contributed by atoms with E-state index in [1.54, 1.807) is 25.4 Å². The van der Waals surface area contributed by atoms with E-state index in [4.69, 9.17) is 21.1 Å². The highest BCUT2D eigenvalue weighted by Crippen LogP contribution is 2.28. The van der Waals surface area contributed by atoms with Gasteiger partial charge in [-0.2, -0.15) is 10.1 Å². The summed E-state index contributed by atoms with van der Waals surface area (Å²) in [5.74, 6) is 1.69. The normalized spacial score (nSPS) is 15.0. The van der Waals surface area contributed by atoms with Gasteiger partial charge in [0.2, 0.25) is 5.95 Å². The van der Waals surface area contributed by atoms with Crippen LogP contribution >= 0.6 is 11.6 Å². The number of halogens is 1. The van der Waals surface area contributed by atoms with Gasteiger partial charge >= 0.3 is 0 Å². The Hall–Kier alpha value is -2.16. The summed E-state index contributed by atoms with van der Waals surface area (Å²) < 4.78 is 10.5. The van der Waals surface area contributed by atoms with Gasteiger partial charge in [0.15, 0.2) is 5.82 Å². The van der Waals surface area contributed by atoms with Crippen molar-refractivity contribution < 1.29 is 9.47 Å². The highest BCUT2D eigenvalue weighted by atomic mass is 35.5. The smallest absolute Gasteiger partial charge is 0.249 e. The van der Waals surface area contributed by atoms with Crippen molar-refractivity contribution in [3.05, 3.63) is 29.4 Å². The summed E-state index contributed by atoms with van der Waals surface area (Å²) in [7, 11) is 1.58. The summed E-state index contributed by atoms with van der Waals surface area (Å²) in [5, 5.41) is 14.8. The lowest BCUT2D eigenvalue weighted by molar-refractivity contribution is 0.0398. The molecule has 1 aromatic carbocycles. The van der Waals surface area contributed by atoms with Crippen LogP contribution in [0, 0.1) is 0 Å². The van der Waals surface area contributed by atoms with Gasteiger partial charge in [0.1, 0.15) is 5.75 Å². The fraction of sp³-hybridized carbons (Fsp3) is 0.438. The maximum atomic E-state index is 6.12. The van der Waals surface area contributed by atoms with E-state index < -0.39 is 0 Å².